The van der Waals surface area contributed by atoms with E-state index in [1.165, 1.54) is 0 Å². The van der Waals surface area contributed by atoms with Crippen LogP contribution in [0.4, 0.5) is 10.5 Å². The standard InChI is InChI=1S/C19H29N5O2.ClH/c25-18(24-14-9-20-10-15-24)8-13-23-11-6-17(7-12-23)22-19(26)21-16-4-2-1-3-5-16;/h1-5,17,20H,6-15H2,(H2,21,22,26);1H. The molecule has 2 heterocycles. The van der Waals surface area contributed by atoms with Crippen molar-refractivity contribution in [3.8, 4) is 0 Å². The van der Waals surface area contributed by atoms with E-state index in [9.17, 15) is 9.59 Å². The number of carbonyl (C=O) groups excluding carboxylic acids is 2. The highest BCUT2D eigenvalue weighted by atomic mass is 35.5. The van der Waals surface area contributed by atoms with Gasteiger partial charge in [-0.2, -0.15) is 0 Å². The average Bonchev–Trinajstić information content (AvgIpc) is 2.68. The van der Waals surface area contributed by atoms with Crippen LogP contribution < -0.4 is 16.0 Å². The van der Waals surface area contributed by atoms with Gasteiger partial charge in [0.1, 0.15) is 0 Å². The largest absolute Gasteiger partial charge is 0.340 e. The van der Waals surface area contributed by atoms with Crippen LogP contribution in [-0.2, 0) is 4.79 Å². The summed E-state index contributed by atoms with van der Waals surface area (Å²) in [6, 6.07) is 9.51. The Morgan fingerprint density at radius 3 is 2.37 bits per heavy atom. The van der Waals surface area contributed by atoms with E-state index in [4.69, 9.17) is 0 Å². The Morgan fingerprint density at radius 2 is 1.70 bits per heavy atom. The molecule has 3 N–H and O–H groups in total. The van der Waals surface area contributed by atoms with Gasteiger partial charge in [-0.15, -0.1) is 12.4 Å². The van der Waals surface area contributed by atoms with Crippen LogP contribution in [0.3, 0.4) is 0 Å². The molecular formula is C19H30ClN5O2. The van der Waals surface area contributed by atoms with E-state index >= 15 is 0 Å². The van der Waals surface area contributed by atoms with Gasteiger partial charge in [-0.1, -0.05) is 18.2 Å². The Hall–Kier alpha value is -1.83. The van der Waals surface area contributed by atoms with Gasteiger partial charge in [0.05, 0.1) is 0 Å². The van der Waals surface area contributed by atoms with Crippen molar-refractivity contribution in [2.24, 2.45) is 0 Å². The number of benzene rings is 1. The van der Waals surface area contributed by atoms with Crippen LogP contribution in [0.1, 0.15) is 19.3 Å². The number of likely N-dealkylation sites (tertiary alicyclic amines) is 1. The van der Waals surface area contributed by atoms with E-state index in [1.54, 1.807) is 0 Å². The summed E-state index contributed by atoms with van der Waals surface area (Å²) in [7, 11) is 0. The summed E-state index contributed by atoms with van der Waals surface area (Å²) >= 11 is 0. The lowest BCUT2D eigenvalue weighted by Crippen LogP contribution is -2.48. The average molecular weight is 396 g/mol. The zero-order valence-corrected chi connectivity index (χ0v) is 16.5. The van der Waals surface area contributed by atoms with Crippen LogP contribution in [0.2, 0.25) is 0 Å². The molecule has 0 spiro atoms. The fourth-order valence-corrected chi connectivity index (χ4v) is 3.50. The molecule has 0 bridgehead atoms. The number of hydrogen-bond acceptors (Lipinski definition) is 4. The van der Waals surface area contributed by atoms with Crippen LogP contribution in [0, 0.1) is 0 Å². The van der Waals surface area contributed by atoms with Crippen molar-refractivity contribution < 1.29 is 9.59 Å². The lowest BCUT2D eigenvalue weighted by atomic mass is 10.0. The van der Waals surface area contributed by atoms with E-state index < -0.39 is 0 Å². The lowest BCUT2D eigenvalue weighted by molar-refractivity contribution is -0.132. The minimum atomic E-state index is -0.150. The highest BCUT2D eigenvalue weighted by molar-refractivity contribution is 5.89. The topological polar surface area (TPSA) is 76.7 Å². The van der Waals surface area contributed by atoms with Gasteiger partial charge in [-0.3, -0.25) is 4.79 Å². The summed E-state index contributed by atoms with van der Waals surface area (Å²) < 4.78 is 0. The molecular weight excluding hydrogens is 366 g/mol. The van der Waals surface area contributed by atoms with Crippen molar-refractivity contribution in [3.63, 3.8) is 0 Å². The van der Waals surface area contributed by atoms with Gasteiger partial charge in [0, 0.05) is 64.0 Å². The van der Waals surface area contributed by atoms with Crippen molar-refractivity contribution in [1.82, 2.24) is 20.4 Å². The first-order valence-corrected chi connectivity index (χ1v) is 9.54. The highest BCUT2D eigenvalue weighted by Crippen LogP contribution is 2.12. The maximum atomic E-state index is 12.2. The molecule has 0 unspecified atom stereocenters. The molecule has 2 aliphatic heterocycles. The third-order valence-corrected chi connectivity index (χ3v) is 5.07. The molecule has 2 aliphatic rings. The monoisotopic (exact) mass is 395 g/mol. The molecule has 3 amide bonds. The number of rotatable bonds is 5. The van der Waals surface area contributed by atoms with E-state index in [0.717, 1.165) is 64.3 Å². The molecule has 0 aromatic heterocycles. The van der Waals surface area contributed by atoms with Gasteiger partial charge < -0.3 is 25.8 Å². The first kappa shape index (κ1) is 21.5. The van der Waals surface area contributed by atoms with Gasteiger partial charge in [0.25, 0.3) is 0 Å². The highest BCUT2D eigenvalue weighted by Gasteiger charge is 2.22. The number of nitrogens with zero attached hydrogens (tertiary/aromatic N) is 2. The van der Waals surface area contributed by atoms with Crippen molar-refractivity contribution in [2.75, 3.05) is 51.1 Å². The van der Waals surface area contributed by atoms with Gasteiger partial charge in [0.2, 0.25) is 5.91 Å². The normalized spacial score (nSPS) is 18.4. The number of halogens is 1. The fraction of sp³-hybridized carbons (Fsp3) is 0.579. The van der Waals surface area contributed by atoms with E-state index in [-0.39, 0.29) is 30.4 Å². The molecule has 150 valence electrons. The third kappa shape index (κ3) is 7.01. The van der Waals surface area contributed by atoms with Crippen molar-refractivity contribution in [2.45, 2.75) is 25.3 Å². The van der Waals surface area contributed by atoms with Crippen molar-refractivity contribution >= 4 is 30.0 Å². The first-order valence-electron chi connectivity index (χ1n) is 9.54. The molecule has 1 aromatic rings. The van der Waals surface area contributed by atoms with Crippen molar-refractivity contribution in [3.05, 3.63) is 30.3 Å². The Morgan fingerprint density at radius 1 is 1.04 bits per heavy atom. The predicted molar refractivity (Wildman–Crippen MR) is 109 cm³/mol. The predicted octanol–water partition coefficient (Wildman–Crippen LogP) is 1.52. The molecule has 27 heavy (non-hydrogen) atoms. The quantitative estimate of drug-likeness (QED) is 0.706. The zero-order valence-electron chi connectivity index (χ0n) is 15.7. The lowest BCUT2D eigenvalue weighted by Gasteiger charge is -2.33. The molecule has 1 aromatic carbocycles. The Labute approximate surface area is 167 Å². The summed E-state index contributed by atoms with van der Waals surface area (Å²) in [4.78, 5) is 28.6. The Kier molecular flexibility index (Phi) is 8.84. The van der Waals surface area contributed by atoms with Crippen LogP contribution in [0.5, 0.6) is 0 Å². The maximum Gasteiger partial charge on any atom is 0.319 e. The summed E-state index contributed by atoms with van der Waals surface area (Å²) in [6.07, 6.45) is 2.43. The van der Waals surface area contributed by atoms with Crippen LogP contribution in [0.25, 0.3) is 0 Å². The summed E-state index contributed by atoms with van der Waals surface area (Å²) in [5, 5.41) is 9.17. The molecule has 8 heteroatoms. The molecule has 0 radical (unpaired) electrons. The number of para-hydroxylation sites is 1. The second-order valence-electron chi connectivity index (χ2n) is 6.96. The number of anilines is 1. The Bertz CT molecular complexity index is 587. The zero-order chi connectivity index (χ0) is 18.2. The van der Waals surface area contributed by atoms with Gasteiger partial charge >= 0.3 is 6.03 Å². The number of amides is 3. The number of piperidine rings is 1. The summed E-state index contributed by atoms with van der Waals surface area (Å²) in [5.41, 5.74) is 0.800. The summed E-state index contributed by atoms with van der Waals surface area (Å²) in [6.45, 7) is 6.09. The second kappa shape index (κ2) is 11.1. The first-order chi connectivity index (χ1) is 12.7. The molecule has 3 rings (SSSR count). The van der Waals surface area contributed by atoms with E-state index in [1.807, 2.05) is 35.2 Å². The minimum Gasteiger partial charge on any atom is -0.340 e. The minimum absolute atomic E-state index is 0. The van der Waals surface area contributed by atoms with E-state index in [0.29, 0.717) is 6.42 Å². The smallest absolute Gasteiger partial charge is 0.319 e. The summed E-state index contributed by atoms with van der Waals surface area (Å²) in [5.74, 6) is 0.258. The Balaban J connectivity index is 0.00000261. The molecule has 0 saturated carbocycles. The number of hydrogen-bond donors (Lipinski definition) is 3. The van der Waals surface area contributed by atoms with Crippen LogP contribution >= 0.6 is 12.4 Å². The van der Waals surface area contributed by atoms with E-state index in [2.05, 4.69) is 20.9 Å². The van der Waals surface area contributed by atoms with Crippen molar-refractivity contribution in [1.29, 1.82) is 0 Å². The number of carbonyl (C=O) groups is 2. The second-order valence-corrected chi connectivity index (χ2v) is 6.96. The number of nitrogens with one attached hydrogen (secondary N) is 3. The molecule has 0 aliphatic carbocycles. The maximum absolute atomic E-state index is 12.2. The molecule has 2 fully saturated rings. The molecule has 7 nitrogen and oxygen atoms in total. The van der Waals surface area contributed by atoms with Gasteiger partial charge in [-0.05, 0) is 25.0 Å². The molecule has 2 saturated heterocycles. The number of urea groups is 1. The fourth-order valence-electron chi connectivity index (χ4n) is 3.50. The van der Waals surface area contributed by atoms with Crippen LogP contribution in [0.15, 0.2) is 30.3 Å². The van der Waals surface area contributed by atoms with Gasteiger partial charge in [0.15, 0.2) is 0 Å². The van der Waals surface area contributed by atoms with Crippen LogP contribution in [-0.4, -0.2) is 73.6 Å². The SMILES string of the molecule is Cl.O=C(Nc1ccccc1)NC1CCN(CCC(=O)N2CCNCC2)CC1. The third-order valence-electron chi connectivity index (χ3n) is 5.07. The number of piperazine rings is 1. The van der Waals surface area contributed by atoms with Gasteiger partial charge in [-0.25, -0.2) is 4.79 Å². The molecule has 0 atom stereocenters.